The number of aromatic nitrogens is 1. The number of fused-ring (bicyclic) bond motifs is 1. The topological polar surface area (TPSA) is 50.3 Å². The van der Waals surface area contributed by atoms with Gasteiger partial charge in [-0.2, -0.15) is 0 Å². The van der Waals surface area contributed by atoms with E-state index >= 15 is 0 Å². The third-order valence-corrected chi connectivity index (χ3v) is 4.78. The van der Waals surface area contributed by atoms with Gasteiger partial charge >= 0.3 is 0 Å². The molecule has 1 aliphatic heterocycles. The van der Waals surface area contributed by atoms with Gasteiger partial charge < -0.3 is 0 Å². The number of nitrogens with zero attached hydrogens (tertiary/aromatic N) is 2. The maximum atomic E-state index is 13.3. The molecular formula is C25H20N2O2. The van der Waals surface area contributed by atoms with Crippen LogP contribution in [0.3, 0.4) is 0 Å². The SMILES string of the molecule is CC(=Cc1ccccc1)C=C1C(=O)N(Cc2ccccn2)C(=O)c2ccccc21. The first kappa shape index (κ1) is 18.6. The van der Waals surface area contributed by atoms with Gasteiger partial charge in [-0.15, -0.1) is 0 Å². The monoisotopic (exact) mass is 380 g/mol. The van der Waals surface area contributed by atoms with Crippen LogP contribution in [-0.2, 0) is 11.3 Å². The van der Waals surface area contributed by atoms with E-state index < -0.39 is 0 Å². The smallest absolute Gasteiger partial charge is 0.261 e. The Labute approximate surface area is 169 Å². The number of hydrogen-bond acceptors (Lipinski definition) is 3. The van der Waals surface area contributed by atoms with Gasteiger partial charge in [-0.1, -0.05) is 60.7 Å². The highest BCUT2D eigenvalue weighted by Crippen LogP contribution is 2.30. The normalized spacial score (nSPS) is 15.6. The molecule has 3 aromatic rings. The van der Waals surface area contributed by atoms with Crippen molar-refractivity contribution in [3.8, 4) is 0 Å². The zero-order valence-corrected chi connectivity index (χ0v) is 16.1. The first-order chi connectivity index (χ1) is 14.1. The van der Waals surface area contributed by atoms with E-state index in [2.05, 4.69) is 4.98 Å². The summed E-state index contributed by atoms with van der Waals surface area (Å²) in [5, 5.41) is 0. The fourth-order valence-electron chi connectivity index (χ4n) is 3.42. The fourth-order valence-corrected chi connectivity index (χ4v) is 3.42. The summed E-state index contributed by atoms with van der Waals surface area (Å²) in [7, 11) is 0. The van der Waals surface area contributed by atoms with E-state index in [0.29, 0.717) is 22.4 Å². The van der Waals surface area contributed by atoms with Crippen LogP contribution in [0.1, 0.15) is 34.1 Å². The maximum Gasteiger partial charge on any atom is 0.261 e. The van der Waals surface area contributed by atoms with Gasteiger partial charge in [-0.3, -0.25) is 19.5 Å². The van der Waals surface area contributed by atoms with E-state index in [1.807, 2.05) is 85.8 Å². The van der Waals surface area contributed by atoms with E-state index in [4.69, 9.17) is 0 Å². The summed E-state index contributed by atoms with van der Waals surface area (Å²) >= 11 is 0. The lowest BCUT2D eigenvalue weighted by Crippen LogP contribution is -2.41. The summed E-state index contributed by atoms with van der Waals surface area (Å²) in [5.74, 6) is -0.599. The number of imide groups is 1. The first-order valence-electron chi connectivity index (χ1n) is 9.44. The fraction of sp³-hybridized carbons (Fsp3) is 0.0800. The molecule has 0 saturated heterocycles. The predicted octanol–water partition coefficient (Wildman–Crippen LogP) is 4.75. The zero-order chi connectivity index (χ0) is 20.2. The molecule has 4 rings (SSSR count). The molecule has 0 saturated carbocycles. The molecular weight excluding hydrogens is 360 g/mol. The van der Waals surface area contributed by atoms with E-state index in [0.717, 1.165) is 11.1 Å². The van der Waals surface area contributed by atoms with Crippen LogP contribution in [0.15, 0.2) is 90.6 Å². The van der Waals surface area contributed by atoms with E-state index in [1.165, 1.54) is 4.90 Å². The first-order valence-corrected chi connectivity index (χ1v) is 9.44. The Morgan fingerprint density at radius 1 is 0.862 bits per heavy atom. The highest BCUT2D eigenvalue weighted by molar-refractivity contribution is 6.31. The van der Waals surface area contributed by atoms with E-state index in [1.54, 1.807) is 12.3 Å². The molecule has 2 aromatic carbocycles. The molecule has 2 amide bonds. The molecule has 0 N–H and O–H groups in total. The second-order valence-electron chi connectivity index (χ2n) is 6.92. The van der Waals surface area contributed by atoms with Crippen LogP contribution in [0.25, 0.3) is 11.6 Å². The number of rotatable bonds is 4. The third kappa shape index (κ3) is 3.92. The Kier molecular flexibility index (Phi) is 5.16. The molecule has 0 aliphatic carbocycles. The van der Waals surface area contributed by atoms with Gasteiger partial charge in [0.25, 0.3) is 11.8 Å². The lowest BCUT2D eigenvalue weighted by atomic mass is 9.92. The van der Waals surface area contributed by atoms with Crippen molar-refractivity contribution in [1.29, 1.82) is 0 Å². The van der Waals surface area contributed by atoms with Crippen LogP contribution in [-0.4, -0.2) is 21.7 Å². The van der Waals surface area contributed by atoms with Crippen LogP contribution in [0.4, 0.5) is 0 Å². The summed E-state index contributed by atoms with van der Waals surface area (Å²) in [6.07, 6.45) is 5.53. The molecule has 0 radical (unpaired) electrons. The van der Waals surface area contributed by atoms with Crippen LogP contribution in [0, 0.1) is 0 Å². The Bertz CT molecular complexity index is 1120. The Balaban J connectivity index is 1.76. The number of amides is 2. The molecule has 0 bridgehead atoms. The third-order valence-electron chi connectivity index (χ3n) is 4.78. The Hall–Kier alpha value is -3.79. The van der Waals surface area contributed by atoms with E-state index in [9.17, 15) is 9.59 Å². The Morgan fingerprint density at radius 3 is 2.28 bits per heavy atom. The van der Waals surface area contributed by atoms with Crippen molar-refractivity contribution >= 4 is 23.5 Å². The lowest BCUT2D eigenvalue weighted by Gasteiger charge is -2.28. The molecule has 2 heterocycles. The number of allylic oxidation sites excluding steroid dienone is 2. The summed E-state index contributed by atoms with van der Waals surface area (Å²) in [6, 6.07) is 22.6. The van der Waals surface area contributed by atoms with Crippen LogP contribution >= 0.6 is 0 Å². The van der Waals surface area contributed by atoms with Crippen molar-refractivity contribution in [2.45, 2.75) is 13.5 Å². The minimum absolute atomic E-state index is 0.144. The molecule has 4 nitrogen and oxygen atoms in total. The molecule has 142 valence electrons. The number of benzene rings is 2. The minimum Gasteiger partial charge on any atom is -0.269 e. The van der Waals surface area contributed by atoms with Crippen LogP contribution in [0.5, 0.6) is 0 Å². The molecule has 1 aromatic heterocycles. The quantitative estimate of drug-likeness (QED) is 0.485. The van der Waals surface area contributed by atoms with Crippen molar-refractivity contribution in [1.82, 2.24) is 9.88 Å². The molecule has 0 unspecified atom stereocenters. The van der Waals surface area contributed by atoms with Crippen molar-refractivity contribution in [2.75, 3.05) is 0 Å². The Morgan fingerprint density at radius 2 is 1.55 bits per heavy atom. The summed E-state index contributed by atoms with van der Waals surface area (Å²) in [4.78, 5) is 31.8. The lowest BCUT2D eigenvalue weighted by molar-refractivity contribution is -0.123. The summed E-state index contributed by atoms with van der Waals surface area (Å²) in [6.45, 7) is 2.10. The van der Waals surface area contributed by atoms with Crippen molar-refractivity contribution in [3.05, 3.63) is 113 Å². The predicted molar refractivity (Wildman–Crippen MR) is 114 cm³/mol. The molecule has 0 spiro atoms. The average Bonchev–Trinajstić information content (AvgIpc) is 2.75. The van der Waals surface area contributed by atoms with Crippen LogP contribution < -0.4 is 0 Å². The highest BCUT2D eigenvalue weighted by Gasteiger charge is 2.34. The average molecular weight is 380 g/mol. The molecule has 1 aliphatic rings. The van der Waals surface area contributed by atoms with Crippen LogP contribution in [0.2, 0.25) is 0 Å². The van der Waals surface area contributed by atoms with Gasteiger partial charge in [0.05, 0.1) is 12.2 Å². The van der Waals surface area contributed by atoms with Gasteiger partial charge in [0.2, 0.25) is 0 Å². The molecule has 4 heteroatoms. The highest BCUT2D eigenvalue weighted by atomic mass is 16.2. The summed E-state index contributed by atoms with van der Waals surface area (Å²) in [5.41, 5.74) is 4.37. The largest absolute Gasteiger partial charge is 0.269 e. The minimum atomic E-state index is -0.305. The van der Waals surface area contributed by atoms with Gasteiger partial charge in [0, 0.05) is 17.3 Å². The van der Waals surface area contributed by atoms with Crippen molar-refractivity contribution < 1.29 is 9.59 Å². The second-order valence-corrected chi connectivity index (χ2v) is 6.92. The number of carbonyl (C=O) groups excluding carboxylic acids is 2. The second kappa shape index (κ2) is 8.07. The van der Waals surface area contributed by atoms with Crippen molar-refractivity contribution in [2.24, 2.45) is 0 Å². The zero-order valence-electron chi connectivity index (χ0n) is 16.1. The molecule has 0 fully saturated rings. The van der Waals surface area contributed by atoms with Gasteiger partial charge in [0.1, 0.15) is 0 Å². The standard InChI is InChI=1S/C25H20N2O2/c1-18(15-19-9-3-2-4-10-19)16-23-21-12-5-6-13-22(21)24(28)27(25(23)29)17-20-11-7-8-14-26-20/h2-16H,17H2,1H3. The maximum absolute atomic E-state index is 13.3. The van der Waals surface area contributed by atoms with E-state index in [-0.39, 0.29) is 18.4 Å². The number of carbonyl (C=O) groups is 2. The van der Waals surface area contributed by atoms with Gasteiger partial charge in [-0.05, 0) is 47.9 Å². The number of hydrogen-bond donors (Lipinski definition) is 0. The van der Waals surface area contributed by atoms with Gasteiger partial charge in [0.15, 0.2) is 0 Å². The number of pyridine rings is 1. The molecule has 0 atom stereocenters. The molecule has 29 heavy (non-hydrogen) atoms. The van der Waals surface area contributed by atoms with Gasteiger partial charge in [-0.25, -0.2) is 0 Å². The summed E-state index contributed by atoms with van der Waals surface area (Å²) < 4.78 is 0. The van der Waals surface area contributed by atoms with Crippen molar-refractivity contribution in [3.63, 3.8) is 0 Å².